The summed E-state index contributed by atoms with van der Waals surface area (Å²) in [6.45, 7) is 1.29. The third-order valence-corrected chi connectivity index (χ3v) is 3.65. The Morgan fingerprint density at radius 2 is 1.70 bits per heavy atom. The Hall–Kier alpha value is -2.06. The van der Waals surface area contributed by atoms with Gasteiger partial charge >= 0.3 is 0 Å². The standard InChI is InChI=1S/C17H14ClNO/c18-16-8-6-14(7-9-16)15-10-17(20)19(12-15)11-13-4-2-1-3-5-13/h1-10H,11-12H2. The zero-order chi connectivity index (χ0) is 13.9. The van der Waals surface area contributed by atoms with Crippen molar-refractivity contribution in [2.45, 2.75) is 6.54 Å². The lowest BCUT2D eigenvalue weighted by Crippen LogP contribution is -2.25. The van der Waals surface area contributed by atoms with Gasteiger partial charge in [-0.2, -0.15) is 0 Å². The van der Waals surface area contributed by atoms with Crippen molar-refractivity contribution in [3.8, 4) is 0 Å². The first kappa shape index (κ1) is 12.9. The molecule has 20 heavy (non-hydrogen) atoms. The number of rotatable bonds is 3. The third kappa shape index (κ3) is 2.75. The van der Waals surface area contributed by atoms with Crippen molar-refractivity contribution in [2.75, 3.05) is 6.54 Å². The van der Waals surface area contributed by atoms with E-state index in [0.29, 0.717) is 18.1 Å². The predicted molar refractivity (Wildman–Crippen MR) is 81.3 cm³/mol. The second kappa shape index (κ2) is 5.51. The molecule has 3 heteroatoms. The van der Waals surface area contributed by atoms with Crippen LogP contribution in [0, 0.1) is 0 Å². The van der Waals surface area contributed by atoms with E-state index in [9.17, 15) is 4.79 Å². The lowest BCUT2D eigenvalue weighted by Gasteiger charge is -2.16. The van der Waals surface area contributed by atoms with Crippen LogP contribution in [-0.4, -0.2) is 17.4 Å². The minimum absolute atomic E-state index is 0.0683. The molecule has 100 valence electrons. The number of hydrogen-bond acceptors (Lipinski definition) is 1. The molecule has 0 saturated carbocycles. The molecule has 0 bridgehead atoms. The normalized spacial score (nSPS) is 14.6. The summed E-state index contributed by atoms with van der Waals surface area (Å²) < 4.78 is 0. The Bertz CT molecular complexity index is 646. The Labute approximate surface area is 123 Å². The van der Waals surface area contributed by atoms with Crippen LogP contribution in [0.25, 0.3) is 5.57 Å². The Morgan fingerprint density at radius 3 is 2.40 bits per heavy atom. The first-order chi connectivity index (χ1) is 9.72. The van der Waals surface area contributed by atoms with E-state index in [1.807, 2.05) is 59.5 Å². The van der Waals surface area contributed by atoms with Gasteiger partial charge in [-0.15, -0.1) is 0 Å². The predicted octanol–water partition coefficient (Wildman–Crippen LogP) is 3.77. The molecule has 0 saturated heterocycles. The molecule has 0 aliphatic carbocycles. The van der Waals surface area contributed by atoms with Gasteiger partial charge in [-0.1, -0.05) is 54.1 Å². The highest BCUT2D eigenvalue weighted by atomic mass is 35.5. The largest absolute Gasteiger partial charge is 0.330 e. The number of amides is 1. The number of hydrogen-bond donors (Lipinski definition) is 0. The molecule has 1 heterocycles. The lowest BCUT2D eigenvalue weighted by molar-refractivity contribution is -0.125. The first-order valence-electron chi connectivity index (χ1n) is 6.52. The molecule has 0 spiro atoms. The molecule has 0 atom stereocenters. The number of carbonyl (C=O) groups is 1. The highest BCUT2D eigenvalue weighted by Gasteiger charge is 2.22. The van der Waals surface area contributed by atoms with E-state index < -0.39 is 0 Å². The zero-order valence-corrected chi connectivity index (χ0v) is 11.7. The monoisotopic (exact) mass is 283 g/mol. The summed E-state index contributed by atoms with van der Waals surface area (Å²) in [5.41, 5.74) is 3.24. The summed E-state index contributed by atoms with van der Waals surface area (Å²) in [6.07, 6.45) is 1.71. The fourth-order valence-corrected chi connectivity index (χ4v) is 2.47. The minimum atomic E-state index is 0.0683. The maximum absolute atomic E-state index is 12.1. The van der Waals surface area contributed by atoms with Crippen LogP contribution in [0.15, 0.2) is 60.7 Å². The molecule has 1 aliphatic heterocycles. The van der Waals surface area contributed by atoms with E-state index >= 15 is 0 Å². The second-order valence-electron chi connectivity index (χ2n) is 4.86. The molecule has 2 aromatic rings. The molecule has 2 aromatic carbocycles. The van der Waals surface area contributed by atoms with E-state index in [1.165, 1.54) is 0 Å². The van der Waals surface area contributed by atoms with Crippen LogP contribution in [0.2, 0.25) is 5.02 Å². The van der Waals surface area contributed by atoms with E-state index in [2.05, 4.69) is 0 Å². The van der Waals surface area contributed by atoms with Gasteiger partial charge < -0.3 is 4.90 Å². The molecule has 0 N–H and O–H groups in total. The van der Waals surface area contributed by atoms with E-state index in [1.54, 1.807) is 6.08 Å². The van der Waals surface area contributed by atoms with Gasteiger partial charge in [-0.25, -0.2) is 0 Å². The summed E-state index contributed by atoms with van der Waals surface area (Å²) >= 11 is 5.89. The quantitative estimate of drug-likeness (QED) is 0.840. The smallest absolute Gasteiger partial charge is 0.247 e. The van der Waals surface area contributed by atoms with Crippen molar-refractivity contribution < 1.29 is 4.79 Å². The van der Waals surface area contributed by atoms with E-state index in [0.717, 1.165) is 16.7 Å². The topological polar surface area (TPSA) is 20.3 Å². The highest BCUT2D eigenvalue weighted by molar-refractivity contribution is 6.30. The van der Waals surface area contributed by atoms with Gasteiger partial charge in [0.1, 0.15) is 0 Å². The van der Waals surface area contributed by atoms with Gasteiger partial charge in [0.2, 0.25) is 5.91 Å². The second-order valence-corrected chi connectivity index (χ2v) is 5.29. The summed E-state index contributed by atoms with van der Waals surface area (Å²) in [6, 6.07) is 17.6. The van der Waals surface area contributed by atoms with Crippen LogP contribution in [0.4, 0.5) is 0 Å². The third-order valence-electron chi connectivity index (χ3n) is 3.40. The zero-order valence-electron chi connectivity index (χ0n) is 10.9. The maximum Gasteiger partial charge on any atom is 0.247 e. The summed E-state index contributed by atoms with van der Waals surface area (Å²) in [7, 11) is 0. The van der Waals surface area contributed by atoms with Crippen LogP contribution in [0.1, 0.15) is 11.1 Å². The molecule has 3 rings (SSSR count). The average Bonchev–Trinajstić information content (AvgIpc) is 2.82. The summed E-state index contributed by atoms with van der Waals surface area (Å²) in [4.78, 5) is 13.9. The van der Waals surface area contributed by atoms with E-state index in [-0.39, 0.29) is 5.91 Å². The Morgan fingerprint density at radius 1 is 1.00 bits per heavy atom. The minimum Gasteiger partial charge on any atom is -0.330 e. The Kier molecular flexibility index (Phi) is 3.57. The van der Waals surface area contributed by atoms with Crippen LogP contribution in [0.3, 0.4) is 0 Å². The number of nitrogens with zero attached hydrogens (tertiary/aromatic N) is 1. The average molecular weight is 284 g/mol. The maximum atomic E-state index is 12.1. The van der Waals surface area contributed by atoms with Crippen molar-refractivity contribution in [1.82, 2.24) is 4.90 Å². The number of halogens is 1. The molecule has 0 radical (unpaired) electrons. The van der Waals surface area contributed by atoms with Crippen LogP contribution < -0.4 is 0 Å². The molecule has 0 unspecified atom stereocenters. The summed E-state index contributed by atoms with van der Waals surface area (Å²) in [5, 5.41) is 0.708. The van der Waals surface area contributed by atoms with Crippen LogP contribution >= 0.6 is 11.6 Å². The molecule has 0 aromatic heterocycles. The van der Waals surface area contributed by atoms with Gasteiger partial charge in [-0.3, -0.25) is 4.79 Å². The van der Waals surface area contributed by atoms with Gasteiger partial charge in [0.25, 0.3) is 0 Å². The molecular weight excluding hydrogens is 270 g/mol. The number of carbonyl (C=O) groups excluding carboxylic acids is 1. The van der Waals surface area contributed by atoms with Crippen molar-refractivity contribution in [2.24, 2.45) is 0 Å². The van der Waals surface area contributed by atoms with Crippen molar-refractivity contribution >= 4 is 23.1 Å². The van der Waals surface area contributed by atoms with Crippen molar-refractivity contribution in [1.29, 1.82) is 0 Å². The van der Waals surface area contributed by atoms with Gasteiger partial charge in [0, 0.05) is 24.2 Å². The van der Waals surface area contributed by atoms with E-state index in [4.69, 9.17) is 11.6 Å². The van der Waals surface area contributed by atoms with Crippen molar-refractivity contribution in [3.63, 3.8) is 0 Å². The molecule has 0 fully saturated rings. The highest BCUT2D eigenvalue weighted by Crippen LogP contribution is 2.24. The SMILES string of the molecule is O=C1C=C(c2ccc(Cl)cc2)CN1Cc1ccccc1. The Balaban J connectivity index is 1.74. The van der Waals surface area contributed by atoms with Gasteiger partial charge in [0.05, 0.1) is 0 Å². The molecular formula is C17H14ClNO. The lowest BCUT2D eigenvalue weighted by atomic mass is 10.1. The fraction of sp³-hybridized carbons (Fsp3) is 0.118. The fourth-order valence-electron chi connectivity index (χ4n) is 2.35. The van der Waals surface area contributed by atoms with Gasteiger partial charge in [0.15, 0.2) is 0 Å². The van der Waals surface area contributed by atoms with Crippen LogP contribution in [0.5, 0.6) is 0 Å². The van der Waals surface area contributed by atoms with Gasteiger partial charge in [-0.05, 0) is 28.8 Å². The first-order valence-corrected chi connectivity index (χ1v) is 6.89. The number of benzene rings is 2. The summed E-state index contributed by atoms with van der Waals surface area (Å²) in [5.74, 6) is 0.0683. The molecule has 1 aliphatic rings. The molecule has 1 amide bonds. The van der Waals surface area contributed by atoms with Crippen molar-refractivity contribution in [3.05, 3.63) is 76.8 Å². The molecule has 2 nitrogen and oxygen atoms in total. The van der Waals surface area contributed by atoms with Crippen LogP contribution in [-0.2, 0) is 11.3 Å².